The van der Waals surface area contributed by atoms with Gasteiger partial charge in [-0.3, -0.25) is 9.59 Å². The summed E-state index contributed by atoms with van der Waals surface area (Å²) in [5, 5.41) is 14.7. The van der Waals surface area contributed by atoms with Gasteiger partial charge in [-0.1, -0.05) is 48.2 Å². The Morgan fingerprint density at radius 3 is 2.41 bits per heavy atom. The third-order valence-corrected chi connectivity index (χ3v) is 5.20. The molecule has 0 aliphatic carbocycles. The van der Waals surface area contributed by atoms with Crippen LogP contribution in [0.25, 0.3) is 0 Å². The number of nitrogens with zero attached hydrogens (tertiary/aromatic N) is 3. The molecule has 0 spiro atoms. The Hall–Kier alpha value is -3.13. The number of thioether (sulfide) groups is 1. The summed E-state index contributed by atoms with van der Waals surface area (Å²) in [5.41, 5.74) is 2.54. The van der Waals surface area contributed by atoms with Gasteiger partial charge in [0.15, 0.2) is 5.16 Å². The van der Waals surface area contributed by atoms with Crippen molar-refractivity contribution in [3.8, 4) is 0 Å². The van der Waals surface area contributed by atoms with Crippen molar-refractivity contribution in [3.05, 3.63) is 66.0 Å². The number of amides is 2. The predicted octanol–water partition coefficient (Wildman–Crippen LogP) is 3.52. The number of hydrogen-bond acceptors (Lipinski definition) is 5. The van der Waals surface area contributed by atoms with Crippen LogP contribution >= 0.6 is 11.8 Å². The second-order valence-electron chi connectivity index (χ2n) is 6.39. The molecule has 0 atom stereocenters. The lowest BCUT2D eigenvalue weighted by Crippen LogP contribution is -2.18. The fraction of sp³-hybridized carbons (Fsp3) is 0.238. The third-order valence-electron chi connectivity index (χ3n) is 4.24. The van der Waals surface area contributed by atoms with Gasteiger partial charge in [0, 0.05) is 17.9 Å². The van der Waals surface area contributed by atoms with Gasteiger partial charge in [-0.25, -0.2) is 0 Å². The first-order chi connectivity index (χ1) is 14.1. The van der Waals surface area contributed by atoms with Gasteiger partial charge in [0.05, 0.1) is 12.2 Å². The number of para-hydroxylation sites is 2. The van der Waals surface area contributed by atoms with E-state index in [1.807, 2.05) is 73.0 Å². The molecule has 7 nitrogen and oxygen atoms in total. The van der Waals surface area contributed by atoms with Crippen LogP contribution < -0.4 is 10.6 Å². The van der Waals surface area contributed by atoms with Gasteiger partial charge in [-0.2, -0.15) is 0 Å². The summed E-state index contributed by atoms with van der Waals surface area (Å²) in [5.74, 6) is 0.512. The van der Waals surface area contributed by atoms with Crippen molar-refractivity contribution in [1.82, 2.24) is 14.8 Å². The Kier molecular flexibility index (Phi) is 7.02. The van der Waals surface area contributed by atoms with Crippen molar-refractivity contribution < 1.29 is 9.59 Å². The molecule has 0 bridgehead atoms. The molecule has 0 saturated heterocycles. The summed E-state index contributed by atoms with van der Waals surface area (Å²) in [7, 11) is 0. The summed E-state index contributed by atoms with van der Waals surface area (Å²) < 4.78 is 1.86. The van der Waals surface area contributed by atoms with Gasteiger partial charge in [0.1, 0.15) is 5.82 Å². The van der Waals surface area contributed by atoms with Crippen LogP contribution in [0.4, 0.5) is 11.4 Å². The van der Waals surface area contributed by atoms with E-state index in [4.69, 9.17) is 0 Å². The lowest BCUT2D eigenvalue weighted by Gasteiger charge is -2.09. The quantitative estimate of drug-likeness (QED) is 0.556. The smallest absolute Gasteiger partial charge is 0.234 e. The molecule has 3 aromatic rings. The van der Waals surface area contributed by atoms with Crippen LogP contribution in [-0.2, 0) is 22.6 Å². The third kappa shape index (κ3) is 5.68. The Morgan fingerprint density at radius 1 is 0.966 bits per heavy atom. The number of hydrogen-bond donors (Lipinski definition) is 2. The maximum absolute atomic E-state index is 12.4. The Balaban J connectivity index is 1.58. The van der Waals surface area contributed by atoms with Crippen molar-refractivity contribution in [2.24, 2.45) is 0 Å². The average molecular weight is 410 g/mol. The highest BCUT2D eigenvalue weighted by Gasteiger charge is 2.16. The van der Waals surface area contributed by atoms with E-state index in [2.05, 4.69) is 20.8 Å². The standard InChI is InChI=1S/C21H23N5O2S/c1-3-26-18(13-19(27)23-17-12-8-7-9-15(17)2)24-25-21(26)29-14-20(28)22-16-10-5-4-6-11-16/h4-12H,3,13-14H2,1-2H3,(H,22,28)(H,23,27). The molecule has 0 fully saturated rings. The first kappa shape index (κ1) is 20.6. The van der Waals surface area contributed by atoms with Gasteiger partial charge >= 0.3 is 0 Å². The Morgan fingerprint density at radius 2 is 1.69 bits per heavy atom. The largest absolute Gasteiger partial charge is 0.325 e. The van der Waals surface area contributed by atoms with Crippen LogP contribution in [0.2, 0.25) is 0 Å². The molecule has 2 N–H and O–H groups in total. The molecule has 1 heterocycles. The molecular formula is C21H23N5O2S. The van der Waals surface area contributed by atoms with Crippen molar-refractivity contribution in [2.45, 2.75) is 32.0 Å². The van der Waals surface area contributed by atoms with E-state index < -0.39 is 0 Å². The average Bonchev–Trinajstić information content (AvgIpc) is 3.10. The first-order valence-electron chi connectivity index (χ1n) is 9.32. The lowest BCUT2D eigenvalue weighted by atomic mass is 10.2. The molecule has 29 heavy (non-hydrogen) atoms. The van der Waals surface area contributed by atoms with Crippen LogP contribution in [-0.4, -0.2) is 32.3 Å². The van der Waals surface area contributed by atoms with E-state index in [1.165, 1.54) is 11.8 Å². The number of nitrogens with one attached hydrogen (secondary N) is 2. The topological polar surface area (TPSA) is 88.9 Å². The second kappa shape index (κ2) is 9.88. The molecule has 150 valence electrons. The van der Waals surface area contributed by atoms with Gasteiger partial charge in [-0.05, 0) is 37.6 Å². The van der Waals surface area contributed by atoms with Gasteiger partial charge in [-0.15, -0.1) is 10.2 Å². The molecule has 0 saturated carbocycles. The number of carbonyl (C=O) groups excluding carboxylic acids is 2. The maximum atomic E-state index is 12.4. The number of rotatable bonds is 8. The summed E-state index contributed by atoms with van der Waals surface area (Å²) in [6, 6.07) is 16.9. The number of carbonyl (C=O) groups is 2. The van der Waals surface area contributed by atoms with Crippen LogP contribution in [0.15, 0.2) is 59.8 Å². The van der Waals surface area contributed by atoms with Crippen molar-refractivity contribution in [1.29, 1.82) is 0 Å². The number of benzene rings is 2. The highest BCUT2D eigenvalue weighted by Crippen LogP contribution is 2.19. The molecule has 2 aromatic carbocycles. The zero-order chi connectivity index (χ0) is 20.6. The van der Waals surface area contributed by atoms with Crippen molar-refractivity contribution in [2.75, 3.05) is 16.4 Å². The Bertz CT molecular complexity index is 988. The van der Waals surface area contributed by atoms with E-state index in [0.717, 1.165) is 16.9 Å². The fourth-order valence-corrected chi connectivity index (χ4v) is 3.60. The van der Waals surface area contributed by atoms with Gasteiger partial charge in [0.2, 0.25) is 11.8 Å². The number of aromatic nitrogens is 3. The fourth-order valence-electron chi connectivity index (χ4n) is 2.77. The van der Waals surface area contributed by atoms with Crippen LogP contribution in [0.5, 0.6) is 0 Å². The Labute approximate surface area is 173 Å². The first-order valence-corrected chi connectivity index (χ1v) is 10.3. The zero-order valence-corrected chi connectivity index (χ0v) is 17.2. The normalized spacial score (nSPS) is 10.6. The predicted molar refractivity (Wildman–Crippen MR) is 115 cm³/mol. The highest BCUT2D eigenvalue weighted by atomic mass is 32.2. The molecule has 8 heteroatoms. The molecule has 0 unspecified atom stereocenters. The van der Waals surface area contributed by atoms with Crippen LogP contribution in [0.3, 0.4) is 0 Å². The SMILES string of the molecule is CCn1c(CC(=O)Nc2ccccc2C)nnc1SCC(=O)Nc1ccccc1. The molecule has 1 aromatic heterocycles. The van der Waals surface area contributed by atoms with Crippen molar-refractivity contribution in [3.63, 3.8) is 0 Å². The molecule has 3 rings (SSSR count). The zero-order valence-electron chi connectivity index (χ0n) is 16.4. The van der Waals surface area contributed by atoms with Gasteiger partial charge < -0.3 is 15.2 Å². The molecule has 0 radical (unpaired) electrons. The van der Waals surface area contributed by atoms with Gasteiger partial charge in [0.25, 0.3) is 0 Å². The van der Waals surface area contributed by atoms with Crippen LogP contribution in [0.1, 0.15) is 18.3 Å². The van der Waals surface area contributed by atoms with E-state index in [1.54, 1.807) is 0 Å². The van der Waals surface area contributed by atoms with Crippen molar-refractivity contribution >= 4 is 35.0 Å². The molecular weight excluding hydrogens is 386 g/mol. The van der Waals surface area contributed by atoms with E-state index in [-0.39, 0.29) is 24.0 Å². The second-order valence-corrected chi connectivity index (χ2v) is 7.33. The summed E-state index contributed by atoms with van der Waals surface area (Å²) in [6.07, 6.45) is 0.117. The molecule has 0 aliphatic heterocycles. The monoisotopic (exact) mass is 409 g/mol. The van der Waals surface area contributed by atoms with E-state index in [0.29, 0.717) is 17.5 Å². The minimum absolute atomic E-state index is 0.117. The van der Waals surface area contributed by atoms with E-state index in [9.17, 15) is 9.59 Å². The lowest BCUT2D eigenvalue weighted by molar-refractivity contribution is -0.116. The number of aryl methyl sites for hydroxylation is 1. The molecule has 2 amide bonds. The summed E-state index contributed by atoms with van der Waals surface area (Å²) in [6.45, 7) is 4.52. The minimum Gasteiger partial charge on any atom is -0.325 e. The van der Waals surface area contributed by atoms with Crippen LogP contribution in [0, 0.1) is 6.92 Å². The molecule has 0 aliphatic rings. The minimum atomic E-state index is -0.153. The highest BCUT2D eigenvalue weighted by molar-refractivity contribution is 7.99. The summed E-state index contributed by atoms with van der Waals surface area (Å²) in [4.78, 5) is 24.6. The summed E-state index contributed by atoms with van der Waals surface area (Å²) >= 11 is 1.30. The maximum Gasteiger partial charge on any atom is 0.234 e. The van der Waals surface area contributed by atoms with E-state index >= 15 is 0 Å². The number of anilines is 2.